The van der Waals surface area contributed by atoms with Crippen molar-refractivity contribution in [1.29, 1.82) is 0 Å². The molecule has 0 unspecified atom stereocenters. The first-order valence-corrected chi connectivity index (χ1v) is 2.94. The van der Waals surface area contributed by atoms with Gasteiger partial charge >= 0.3 is 0 Å². The van der Waals surface area contributed by atoms with Gasteiger partial charge in [-0.25, -0.2) is 0 Å². The van der Waals surface area contributed by atoms with Gasteiger partial charge in [0.2, 0.25) is 0 Å². The number of hydroxylamine groups is 2. The van der Waals surface area contributed by atoms with Crippen LogP contribution in [-0.2, 0) is 14.4 Å². The second-order valence-corrected chi connectivity index (χ2v) is 1.72. The number of imide groups is 1. The molecule has 0 aromatic rings. The number of rotatable bonds is 2. The van der Waals surface area contributed by atoms with E-state index in [1.54, 1.807) is 6.92 Å². The Kier molecular flexibility index (Phi) is 1.82. The molecule has 4 heteroatoms. The summed E-state index contributed by atoms with van der Waals surface area (Å²) in [6, 6.07) is 0. The molecule has 0 spiro atoms. The van der Waals surface area contributed by atoms with E-state index in [9.17, 15) is 9.59 Å². The van der Waals surface area contributed by atoms with E-state index in [1.165, 1.54) is 12.2 Å². The third-order valence-corrected chi connectivity index (χ3v) is 1.03. The van der Waals surface area contributed by atoms with E-state index in [0.29, 0.717) is 6.61 Å². The molecule has 1 heterocycles. The molecule has 1 rings (SSSR count). The van der Waals surface area contributed by atoms with Crippen molar-refractivity contribution in [3.63, 3.8) is 0 Å². The van der Waals surface area contributed by atoms with E-state index in [0.717, 1.165) is 5.06 Å². The molecular formula is C6H7NO3. The highest BCUT2D eigenvalue weighted by Crippen LogP contribution is 2.02. The molecule has 0 aromatic heterocycles. The number of carbonyl (C=O) groups excluding carboxylic acids is 2. The summed E-state index contributed by atoms with van der Waals surface area (Å²) < 4.78 is 0. The molecule has 0 radical (unpaired) electrons. The zero-order valence-corrected chi connectivity index (χ0v) is 5.53. The second-order valence-electron chi connectivity index (χ2n) is 1.72. The zero-order valence-electron chi connectivity index (χ0n) is 5.53. The molecule has 0 saturated carbocycles. The van der Waals surface area contributed by atoms with Crippen molar-refractivity contribution < 1.29 is 14.4 Å². The van der Waals surface area contributed by atoms with Crippen LogP contribution < -0.4 is 0 Å². The molecule has 1 aliphatic rings. The fourth-order valence-corrected chi connectivity index (χ4v) is 0.643. The van der Waals surface area contributed by atoms with Crippen molar-refractivity contribution >= 4 is 11.8 Å². The Hall–Kier alpha value is -1.16. The summed E-state index contributed by atoms with van der Waals surface area (Å²) in [5, 5.41) is 0.736. The first-order chi connectivity index (χ1) is 4.75. The molecule has 4 nitrogen and oxygen atoms in total. The second kappa shape index (κ2) is 2.62. The summed E-state index contributed by atoms with van der Waals surface area (Å²) in [5.41, 5.74) is 0. The molecule has 0 bridgehead atoms. The Morgan fingerprint density at radius 2 is 1.90 bits per heavy atom. The lowest BCUT2D eigenvalue weighted by molar-refractivity contribution is -0.184. The highest BCUT2D eigenvalue weighted by atomic mass is 16.7. The van der Waals surface area contributed by atoms with Crippen LogP contribution in [0.4, 0.5) is 0 Å². The van der Waals surface area contributed by atoms with Crippen molar-refractivity contribution in [3.05, 3.63) is 12.2 Å². The Morgan fingerprint density at radius 3 is 2.30 bits per heavy atom. The average molecular weight is 141 g/mol. The molecule has 0 aliphatic carbocycles. The van der Waals surface area contributed by atoms with Gasteiger partial charge in [0.1, 0.15) is 0 Å². The lowest BCUT2D eigenvalue weighted by atomic mass is 10.6. The first kappa shape index (κ1) is 6.95. The molecule has 0 atom stereocenters. The first-order valence-electron chi connectivity index (χ1n) is 2.94. The average Bonchev–Trinajstić information content (AvgIpc) is 2.20. The van der Waals surface area contributed by atoms with Crippen LogP contribution in [0.1, 0.15) is 6.92 Å². The molecule has 0 fully saturated rings. The Balaban J connectivity index is 2.60. The van der Waals surface area contributed by atoms with Crippen molar-refractivity contribution in [1.82, 2.24) is 5.06 Å². The topological polar surface area (TPSA) is 46.6 Å². The quantitative estimate of drug-likeness (QED) is 0.503. The SMILES string of the molecule is CCON1C(=O)C=CC1=O. The molecule has 0 saturated heterocycles. The third kappa shape index (κ3) is 1.06. The number of nitrogens with zero attached hydrogens (tertiary/aromatic N) is 1. The van der Waals surface area contributed by atoms with Crippen LogP contribution >= 0.6 is 0 Å². The van der Waals surface area contributed by atoms with Crippen LogP contribution in [-0.4, -0.2) is 23.5 Å². The Bertz CT molecular complexity index is 179. The van der Waals surface area contributed by atoms with Crippen LogP contribution in [0.2, 0.25) is 0 Å². The summed E-state index contributed by atoms with van der Waals surface area (Å²) in [7, 11) is 0. The molecule has 1 aliphatic heterocycles. The van der Waals surface area contributed by atoms with E-state index < -0.39 is 11.8 Å². The summed E-state index contributed by atoms with van der Waals surface area (Å²) in [6.45, 7) is 2.03. The van der Waals surface area contributed by atoms with Crippen molar-refractivity contribution in [2.45, 2.75) is 6.92 Å². The van der Waals surface area contributed by atoms with Crippen LogP contribution in [0, 0.1) is 0 Å². The van der Waals surface area contributed by atoms with Gasteiger partial charge in [0.25, 0.3) is 11.8 Å². The molecule has 10 heavy (non-hydrogen) atoms. The van der Waals surface area contributed by atoms with Crippen LogP contribution in [0.25, 0.3) is 0 Å². The standard InChI is InChI=1S/C6H7NO3/c1-2-10-7-5(8)3-4-6(7)9/h3-4H,2H2,1H3. The van der Waals surface area contributed by atoms with E-state index >= 15 is 0 Å². The van der Waals surface area contributed by atoms with Gasteiger partial charge in [0.15, 0.2) is 0 Å². The lowest BCUT2D eigenvalue weighted by Gasteiger charge is -2.10. The minimum atomic E-state index is -0.410. The van der Waals surface area contributed by atoms with Crippen molar-refractivity contribution in [3.8, 4) is 0 Å². The zero-order chi connectivity index (χ0) is 7.56. The lowest BCUT2D eigenvalue weighted by Crippen LogP contribution is -2.29. The van der Waals surface area contributed by atoms with Gasteiger partial charge < -0.3 is 0 Å². The van der Waals surface area contributed by atoms with Gasteiger partial charge in [-0.05, 0) is 6.92 Å². The van der Waals surface area contributed by atoms with Crippen molar-refractivity contribution in [2.24, 2.45) is 0 Å². The Labute approximate surface area is 58.0 Å². The van der Waals surface area contributed by atoms with Gasteiger partial charge in [-0.3, -0.25) is 14.4 Å². The monoisotopic (exact) mass is 141 g/mol. The number of hydrogen-bond acceptors (Lipinski definition) is 3. The summed E-state index contributed by atoms with van der Waals surface area (Å²) in [6.07, 6.45) is 2.36. The number of carbonyl (C=O) groups is 2. The van der Waals surface area contributed by atoms with Gasteiger partial charge in [-0.15, -0.1) is 5.06 Å². The highest BCUT2D eigenvalue weighted by Gasteiger charge is 2.23. The van der Waals surface area contributed by atoms with E-state index in [2.05, 4.69) is 0 Å². The van der Waals surface area contributed by atoms with Crippen LogP contribution in [0.15, 0.2) is 12.2 Å². The third-order valence-electron chi connectivity index (χ3n) is 1.03. The summed E-state index contributed by atoms with van der Waals surface area (Å²) in [4.78, 5) is 26.0. The van der Waals surface area contributed by atoms with Gasteiger partial charge in [0, 0.05) is 12.2 Å². The molecule has 0 aromatic carbocycles. The maximum atomic E-state index is 10.7. The van der Waals surface area contributed by atoms with Crippen LogP contribution in [0.5, 0.6) is 0 Å². The van der Waals surface area contributed by atoms with E-state index in [-0.39, 0.29) is 0 Å². The molecule has 0 N–H and O–H groups in total. The maximum Gasteiger partial charge on any atom is 0.277 e. The van der Waals surface area contributed by atoms with Gasteiger partial charge in [-0.2, -0.15) is 0 Å². The number of hydrogen-bond donors (Lipinski definition) is 0. The molecular weight excluding hydrogens is 134 g/mol. The predicted molar refractivity (Wildman–Crippen MR) is 32.6 cm³/mol. The minimum Gasteiger partial charge on any atom is -0.267 e. The molecule has 54 valence electrons. The van der Waals surface area contributed by atoms with E-state index in [4.69, 9.17) is 4.84 Å². The minimum absolute atomic E-state index is 0.319. The van der Waals surface area contributed by atoms with Gasteiger partial charge in [0.05, 0.1) is 6.61 Å². The summed E-state index contributed by atoms with van der Waals surface area (Å²) >= 11 is 0. The van der Waals surface area contributed by atoms with Crippen molar-refractivity contribution in [2.75, 3.05) is 6.61 Å². The Morgan fingerprint density at radius 1 is 1.40 bits per heavy atom. The predicted octanol–water partition coefficient (Wildman–Crippen LogP) is -0.137. The van der Waals surface area contributed by atoms with E-state index in [1.807, 2.05) is 0 Å². The normalized spacial score (nSPS) is 17.1. The fraction of sp³-hybridized carbons (Fsp3) is 0.333. The molecule has 2 amide bonds. The van der Waals surface area contributed by atoms with Gasteiger partial charge in [-0.1, -0.05) is 0 Å². The fourth-order valence-electron chi connectivity index (χ4n) is 0.643. The smallest absolute Gasteiger partial charge is 0.267 e. The number of amides is 2. The largest absolute Gasteiger partial charge is 0.277 e. The van der Waals surface area contributed by atoms with Crippen LogP contribution in [0.3, 0.4) is 0 Å². The maximum absolute atomic E-state index is 10.7. The highest BCUT2D eigenvalue weighted by molar-refractivity contribution is 6.11. The summed E-state index contributed by atoms with van der Waals surface area (Å²) in [5.74, 6) is -0.821.